The molecule has 96 valence electrons. The first-order valence-corrected chi connectivity index (χ1v) is 6.74. The molecular formula is C12H28N4. The van der Waals surface area contributed by atoms with E-state index in [2.05, 4.69) is 34.7 Å². The standard InChI is InChI=1S/C12H28N4/c1-3-12-11-15-8-7-13-5-6-14-9-10-16(12)4-2/h12-15H,3-11H2,1-2H3. The maximum atomic E-state index is 3.54. The molecule has 0 saturated carbocycles. The summed E-state index contributed by atoms with van der Waals surface area (Å²) in [6.45, 7) is 13.4. The molecule has 1 unspecified atom stereocenters. The van der Waals surface area contributed by atoms with Crippen molar-refractivity contribution in [3.05, 3.63) is 0 Å². The molecule has 3 N–H and O–H groups in total. The number of rotatable bonds is 2. The van der Waals surface area contributed by atoms with Crippen LogP contribution in [-0.4, -0.2) is 63.3 Å². The van der Waals surface area contributed by atoms with Crippen molar-refractivity contribution in [1.82, 2.24) is 20.9 Å². The topological polar surface area (TPSA) is 39.3 Å². The van der Waals surface area contributed by atoms with E-state index in [1.807, 2.05) is 0 Å². The van der Waals surface area contributed by atoms with Gasteiger partial charge in [0.1, 0.15) is 0 Å². The van der Waals surface area contributed by atoms with Gasteiger partial charge in [0.25, 0.3) is 0 Å². The summed E-state index contributed by atoms with van der Waals surface area (Å²) < 4.78 is 0. The third kappa shape index (κ3) is 5.25. The fourth-order valence-corrected chi connectivity index (χ4v) is 2.23. The maximum absolute atomic E-state index is 3.54. The van der Waals surface area contributed by atoms with Crippen LogP contribution in [-0.2, 0) is 0 Å². The second-order valence-electron chi connectivity index (χ2n) is 4.39. The first-order valence-electron chi connectivity index (χ1n) is 6.74. The van der Waals surface area contributed by atoms with Gasteiger partial charge in [-0.2, -0.15) is 0 Å². The molecule has 1 fully saturated rings. The average Bonchev–Trinajstić information content (AvgIpc) is 2.30. The Morgan fingerprint density at radius 2 is 1.56 bits per heavy atom. The third-order valence-electron chi connectivity index (χ3n) is 3.31. The Balaban J connectivity index is 2.38. The zero-order chi connectivity index (χ0) is 11.6. The van der Waals surface area contributed by atoms with Gasteiger partial charge in [-0.3, -0.25) is 4.90 Å². The highest BCUT2D eigenvalue weighted by atomic mass is 15.2. The molecule has 0 spiro atoms. The molecule has 1 heterocycles. The fraction of sp³-hybridized carbons (Fsp3) is 1.00. The van der Waals surface area contributed by atoms with Crippen molar-refractivity contribution in [3.8, 4) is 0 Å². The van der Waals surface area contributed by atoms with Gasteiger partial charge in [-0.15, -0.1) is 0 Å². The molecule has 1 aliphatic heterocycles. The summed E-state index contributed by atoms with van der Waals surface area (Å²) in [5, 5.41) is 10.5. The Hall–Kier alpha value is -0.160. The van der Waals surface area contributed by atoms with Crippen LogP contribution in [0.1, 0.15) is 20.3 Å². The number of nitrogens with zero attached hydrogens (tertiary/aromatic N) is 1. The lowest BCUT2D eigenvalue weighted by Crippen LogP contribution is -2.47. The van der Waals surface area contributed by atoms with Crippen LogP contribution in [0.4, 0.5) is 0 Å². The molecule has 1 rings (SSSR count). The van der Waals surface area contributed by atoms with E-state index in [1.165, 1.54) is 6.42 Å². The Morgan fingerprint density at radius 1 is 0.938 bits per heavy atom. The molecule has 4 heteroatoms. The minimum Gasteiger partial charge on any atom is -0.314 e. The Morgan fingerprint density at radius 3 is 2.19 bits per heavy atom. The Labute approximate surface area is 100 Å². The number of hydrogen-bond acceptors (Lipinski definition) is 4. The first-order chi connectivity index (χ1) is 7.88. The highest BCUT2D eigenvalue weighted by molar-refractivity contribution is 4.73. The second kappa shape index (κ2) is 8.93. The van der Waals surface area contributed by atoms with Gasteiger partial charge in [0, 0.05) is 51.9 Å². The molecule has 0 aromatic carbocycles. The van der Waals surface area contributed by atoms with Crippen LogP contribution >= 0.6 is 0 Å². The molecule has 1 atom stereocenters. The summed E-state index contributed by atoms with van der Waals surface area (Å²) in [7, 11) is 0. The molecular weight excluding hydrogens is 200 g/mol. The lowest BCUT2D eigenvalue weighted by molar-refractivity contribution is 0.195. The minimum absolute atomic E-state index is 0.686. The summed E-state index contributed by atoms with van der Waals surface area (Å²) in [4.78, 5) is 2.58. The van der Waals surface area contributed by atoms with Gasteiger partial charge >= 0.3 is 0 Å². The van der Waals surface area contributed by atoms with Crippen molar-refractivity contribution in [2.75, 3.05) is 52.4 Å². The van der Waals surface area contributed by atoms with Gasteiger partial charge in [0.2, 0.25) is 0 Å². The van der Waals surface area contributed by atoms with Crippen LogP contribution in [0.5, 0.6) is 0 Å². The van der Waals surface area contributed by atoms with Gasteiger partial charge in [-0.25, -0.2) is 0 Å². The predicted molar refractivity (Wildman–Crippen MR) is 69.9 cm³/mol. The maximum Gasteiger partial charge on any atom is 0.0218 e. The van der Waals surface area contributed by atoms with Gasteiger partial charge in [-0.05, 0) is 13.0 Å². The smallest absolute Gasteiger partial charge is 0.0218 e. The van der Waals surface area contributed by atoms with Crippen LogP contribution in [0.3, 0.4) is 0 Å². The third-order valence-corrected chi connectivity index (χ3v) is 3.31. The van der Waals surface area contributed by atoms with Crippen molar-refractivity contribution in [2.24, 2.45) is 0 Å². The summed E-state index contributed by atoms with van der Waals surface area (Å²) in [5.41, 5.74) is 0. The molecule has 0 aromatic heterocycles. The molecule has 0 aromatic rings. The van der Waals surface area contributed by atoms with Gasteiger partial charge < -0.3 is 16.0 Å². The van der Waals surface area contributed by atoms with E-state index >= 15 is 0 Å². The Bertz CT molecular complexity index is 145. The normalized spacial score (nSPS) is 27.0. The lowest BCUT2D eigenvalue weighted by atomic mass is 10.2. The summed E-state index contributed by atoms with van der Waals surface area (Å²) in [6, 6.07) is 0.686. The molecule has 0 bridgehead atoms. The zero-order valence-electron chi connectivity index (χ0n) is 10.9. The molecule has 1 saturated heterocycles. The van der Waals surface area contributed by atoms with Crippen LogP contribution in [0.15, 0.2) is 0 Å². The quantitative estimate of drug-likeness (QED) is 0.616. The van der Waals surface area contributed by atoms with E-state index in [9.17, 15) is 0 Å². The number of hydrogen-bond donors (Lipinski definition) is 3. The van der Waals surface area contributed by atoms with E-state index in [0.717, 1.165) is 52.4 Å². The van der Waals surface area contributed by atoms with Gasteiger partial charge in [-0.1, -0.05) is 13.8 Å². The van der Waals surface area contributed by atoms with Crippen molar-refractivity contribution in [3.63, 3.8) is 0 Å². The number of nitrogens with one attached hydrogen (secondary N) is 3. The van der Waals surface area contributed by atoms with Gasteiger partial charge in [0.15, 0.2) is 0 Å². The average molecular weight is 228 g/mol. The van der Waals surface area contributed by atoms with Crippen LogP contribution in [0.2, 0.25) is 0 Å². The SMILES string of the molecule is CCC1CNCCNCCNCCN1CC. The van der Waals surface area contributed by atoms with E-state index < -0.39 is 0 Å². The highest BCUT2D eigenvalue weighted by Crippen LogP contribution is 2.02. The molecule has 0 aliphatic carbocycles. The van der Waals surface area contributed by atoms with E-state index in [-0.39, 0.29) is 0 Å². The highest BCUT2D eigenvalue weighted by Gasteiger charge is 2.14. The zero-order valence-corrected chi connectivity index (χ0v) is 10.9. The Kier molecular flexibility index (Phi) is 7.76. The van der Waals surface area contributed by atoms with Crippen molar-refractivity contribution < 1.29 is 0 Å². The number of likely N-dealkylation sites (N-methyl/N-ethyl adjacent to an activating group) is 1. The fourth-order valence-electron chi connectivity index (χ4n) is 2.23. The molecule has 4 nitrogen and oxygen atoms in total. The summed E-state index contributed by atoms with van der Waals surface area (Å²) >= 11 is 0. The van der Waals surface area contributed by atoms with E-state index in [0.29, 0.717) is 6.04 Å². The molecule has 1 aliphatic rings. The predicted octanol–water partition coefficient (Wildman–Crippen LogP) is -0.131. The van der Waals surface area contributed by atoms with E-state index in [1.54, 1.807) is 0 Å². The molecule has 0 amide bonds. The minimum atomic E-state index is 0.686. The van der Waals surface area contributed by atoms with Crippen molar-refractivity contribution >= 4 is 0 Å². The van der Waals surface area contributed by atoms with E-state index in [4.69, 9.17) is 0 Å². The van der Waals surface area contributed by atoms with Crippen LogP contribution in [0, 0.1) is 0 Å². The summed E-state index contributed by atoms with van der Waals surface area (Å²) in [5.74, 6) is 0. The van der Waals surface area contributed by atoms with Crippen molar-refractivity contribution in [2.45, 2.75) is 26.3 Å². The first kappa shape index (κ1) is 13.9. The van der Waals surface area contributed by atoms with Crippen LogP contribution < -0.4 is 16.0 Å². The van der Waals surface area contributed by atoms with Gasteiger partial charge in [0.05, 0.1) is 0 Å². The lowest BCUT2D eigenvalue weighted by Gasteiger charge is -2.30. The largest absolute Gasteiger partial charge is 0.314 e. The molecule has 0 radical (unpaired) electrons. The summed E-state index contributed by atoms with van der Waals surface area (Å²) in [6.07, 6.45) is 1.23. The monoisotopic (exact) mass is 228 g/mol. The van der Waals surface area contributed by atoms with Crippen LogP contribution in [0.25, 0.3) is 0 Å². The second-order valence-corrected chi connectivity index (χ2v) is 4.39. The molecule has 16 heavy (non-hydrogen) atoms. The van der Waals surface area contributed by atoms with Crippen molar-refractivity contribution in [1.29, 1.82) is 0 Å².